The van der Waals surface area contributed by atoms with Crippen molar-refractivity contribution in [1.82, 2.24) is 10.2 Å². The van der Waals surface area contributed by atoms with Gasteiger partial charge in [0.05, 0.1) is 0 Å². The van der Waals surface area contributed by atoms with E-state index in [1.54, 1.807) is 11.3 Å². The molecule has 3 N–H and O–H groups in total. The van der Waals surface area contributed by atoms with Gasteiger partial charge < -0.3 is 20.9 Å². The van der Waals surface area contributed by atoms with E-state index in [2.05, 4.69) is 38.8 Å². The van der Waals surface area contributed by atoms with Crippen LogP contribution in [0.1, 0.15) is 4.88 Å². The minimum atomic E-state index is 0. The first-order valence-electron chi connectivity index (χ1n) is 8.86. The van der Waals surface area contributed by atoms with Crippen LogP contribution >= 0.6 is 35.3 Å². The second kappa shape index (κ2) is 11.1. The molecule has 1 amide bonds. The summed E-state index contributed by atoms with van der Waals surface area (Å²) in [6, 6.07) is 14.4. The third-order valence-electron chi connectivity index (χ3n) is 4.40. The summed E-state index contributed by atoms with van der Waals surface area (Å²) in [4.78, 5) is 22.0. The Morgan fingerprint density at radius 2 is 1.85 bits per heavy atom. The van der Waals surface area contributed by atoms with Crippen LogP contribution in [-0.4, -0.2) is 56.0 Å². The van der Waals surface area contributed by atoms with Crippen molar-refractivity contribution in [3.8, 4) is 0 Å². The number of hydrogen-bond acceptors (Lipinski definition) is 4. The lowest BCUT2D eigenvalue weighted by molar-refractivity contribution is -0.129. The molecule has 1 saturated heterocycles. The van der Waals surface area contributed by atoms with Gasteiger partial charge in [0.15, 0.2) is 5.96 Å². The highest BCUT2D eigenvalue weighted by atomic mass is 127. The Balaban J connectivity index is 0.00000261. The number of guanidine groups is 1. The van der Waals surface area contributed by atoms with Crippen molar-refractivity contribution in [2.45, 2.75) is 6.42 Å². The lowest BCUT2D eigenvalue weighted by atomic mass is 10.2. The molecular weight excluding hydrogens is 473 g/mol. The molecular formula is C19H26IN5OS. The number of hydrogen-bond donors (Lipinski definition) is 2. The van der Waals surface area contributed by atoms with Crippen LogP contribution in [0.2, 0.25) is 0 Å². The third kappa shape index (κ3) is 6.69. The average Bonchev–Trinajstić information content (AvgIpc) is 3.20. The summed E-state index contributed by atoms with van der Waals surface area (Å²) in [5.41, 5.74) is 7.06. The molecule has 0 atom stereocenters. The van der Waals surface area contributed by atoms with Crippen LogP contribution in [0.3, 0.4) is 0 Å². The van der Waals surface area contributed by atoms with E-state index >= 15 is 0 Å². The van der Waals surface area contributed by atoms with Gasteiger partial charge in [-0.3, -0.25) is 4.79 Å². The molecule has 0 saturated carbocycles. The molecule has 1 aromatic carbocycles. The Hall–Kier alpha value is -1.81. The van der Waals surface area contributed by atoms with Crippen LogP contribution in [0.25, 0.3) is 0 Å². The maximum Gasteiger partial charge on any atom is 0.244 e. The molecule has 2 heterocycles. The molecule has 1 aliphatic heterocycles. The predicted octanol–water partition coefficient (Wildman–Crippen LogP) is 2.16. The number of para-hydroxylation sites is 1. The fourth-order valence-corrected chi connectivity index (χ4v) is 3.64. The zero-order valence-electron chi connectivity index (χ0n) is 15.2. The summed E-state index contributed by atoms with van der Waals surface area (Å²) in [6.07, 6.45) is 0.906. The number of piperazine rings is 1. The summed E-state index contributed by atoms with van der Waals surface area (Å²) in [5, 5.41) is 5.12. The van der Waals surface area contributed by atoms with Crippen LogP contribution in [-0.2, 0) is 11.2 Å². The zero-order valence-corrected chi connectivity index (χ0v) is 18.4. The smallest absolute Gasteiger partial charge is 0.244 e. The van der Waals surface area contributed by atoms with Gasteiger partial charge in [0.25, 0.3) is 0 Å². The Bertz CT molecular complexity index is 715. The van der Waals surface area contributed by atoms with Crippen molar-refractivity contribution in [1.29, 1.82) is 0 Å². The van der Waals surface area contributed by atoms with Crippen LogP contribution < -0.4 is 16.0 Å². The molecule has 3 rings (SSSR count). The molecule has 0 aliphatic carbocycles. The molecule has 0 unspecified atom stereocenters. The Morgan fingerprint density at radius 3 is 2.52 bits per heavy atom. The van der Waals surface area contributed by atoms with E-state index in [4.69, 9.17) is 5.73 Å². The van der Waals surface area contributed by atoms with E-state index in [1.165, 1.54) is 10.6 Å². The maximum atomic E-state index is 12.3. The number of carbonyl (C=O) groups is 1. The van der Waals surface area contributed by atoms with Crippen molar-refractivity contribution < 1.29 is 4.79 Å². The van der Waals surface area contributed by atoms with Gasteiger partial charge >= 0.3 is 0 Å². The number of nitrogens with two attached hydrogens (primary N) is 1. The summed E-state index contributed by atoms with van der Waals surface area (Å²) >= 11 is 1.72. The number of halogens is 1. The normalized spacial score (nSPS) is 14.6. The summed E-state index contributed by atoms with van der Waals surface area (Å²) < 4.78 is 0. The minimum absolute atomic E-state index is 0. The number of rotatable bonds is 6. The number of thiophene rings is 1. The molecule has 0 bridgehead atoms. The summed E-state index contributed by atoms with van der Waals surface area (Å²) in [7, 11) is 0. The monoisotopic (exact) mass is 499 g/mol. The van der Waals surface area contributed by atoms with Gasteiger partial charge in [-0.05, 0) is 30.0 Å². The SMILES string of the molecule is I.NC(=NCC(=O)N1CCN(c2ccccc2)CC1)NCCc1cccs1. The quantitative estimate of drug-likeness (QED) is 0.363. The molecule has 1 aromatic heterocycles. The van der Waals surface area contributed by atoms with Gasteiger partial charge in [-0.2, -0.15) is 0 Å². The summed E-state index contributed by atoms with van der Waals surface area (Å²) in [6.45, 7) is 3.94. The number of nitrogens with one attached hydrogen (secondary N) is 1. The first-order valence-corrected chi connectivity index (χ1v) is 9.74. The molecule has 1 aliphatic rings. The molecule has 146 valence electrons. The van der Waals surface area contributed by atoms with Gasteiger partial charge in [0, 0.05) is 43.3 Å². The fraction of sp³-hybridized carbons (Fsp3) is 0.368. The van der Waals surface area contributed by atoms with Gasteiger partial charge in [0.1, 0.15) is 6.54 Å². The maximum absolute atomic E-state index is 12.3. The number of aliphatic imine (C=N–C) groups is 1. The van der Waals surface area contributed by atoms with Gasteiger partial charge in [-0.15, -0.1) is 35.3 Å². The number of nitrogens with zero attached hydrogens (tertiary/aromatic N) is 3. The zero-order chi connectivity index (χ0) is 18.2. The molecule has 27 heavy (non-hydrogen) atoms. The van der Waals surface area contributed by atoms with E-state index in [9.17, 15) is 4.79 Å². The lowest BCUT2D eigenvalue weighted by Crippen LogP contribution is -2.49. The van der Waals surface area contributed by atoms with Crippen LogP contribution in [0.5, 0.6) is 0 Å². The number of anilines is 1. The van der Waals surface area contributed by atoms with Gasteiger partial charge in [0.2, 0.25) is 5.91 Å². The average molecular weight is 499 g/mol. The standard InChI is InChI=1S/C19H25N5OS.HI/c20-19(21-9-8-17-7-4-14-26-17)22-15-18(25)24-12-10-23(11-13-24)16-5-2-1-3-6-16;/h1-7,14H,8-13,15H2,(H3,20,21,22);1H. The molecule has 6 nitrogen and oxygen atoms in total. The second-order valence-corrected chi connectivity index (χ2v) is 7.19. The number of amides is 1. The van der Waals surface area contributed by atoms with Gasteiger partial charge in [-0.25, -0.2) is 4.99 Å². The number of carbonyl (C=O) groups excluding carboxylic acids is 1. The highest BCUT2D eigenvalue weighted by Gasteiger charge is 2.20. The molecule has 1 fully saturated rings. The van der Waals surface area contributed by atoms with E-state index in [0.717, 1.165) is 39.1 Å². The highest BCUT2D eigenvalue weighted by molar-refractivity contribution is 14.0. The van der Waals surface area contributed by atoms with Crippen LogP contribution in [0.15, 0.2) is 52.8 Å². The van der Waals surface area contributed by atoms with Crippen molar-refractivity contribution >= 4 is 52.9 Å². The van der Waals surface area contributed by atoms with Crippen molar-refractivity contribution in [3.63, 3.8) is 0 Å². The molecule has 8 heteroatoms. The van der Waals surface area contributed by atoms with Crippen LogP contribution in [0.4, 0.5) is 5.69 Å². The first-order chi connectivity index (χ1) is 12.7. The van der Waals surface area contributed by atoms with E-state index in [-0.39, 0.29) is 36.4 Å². The minimum Gasteiger partial charge on any atom is -0.370 e. The van der Waals surface area contributed by atoms with Crippen molar-refractivity contribution in [2.24, 2.45) is 10.7 Å². The lowest BCUT2D eigenvalue weighted by Gasteiger charge is -2.35. The van der Waals surface area contributed by atoms with Crippen molar-refractivity contribution in [2.75, 3.05) is 44.2 Å². The first kappa shape index (κ1) is 21.5. The van der Waals surface area contributed by atoms with Crippen LogP contribution in [0, 0.1) is 0 Å². The Morgan fingerprint density at radius 1 is 1.11 bits per heavy atom. The molecule has 0 spiro atoms. The largest absolute Gasteiger partial charge is 0.370 e. The third-order valence-corrected chi connectivity index (χ3v) is 5.33. The van der Waals surface area contributed by atoms with E-state index < -0.39 is 0 Å². The molecule has 2 aromatic rings. The Kier molecular flexibility index (Phi) is 8.86. The predicted molar refractivity (Wildman–Crippen MR) is 123 cm³/mol. The topological polar surface area (TPSA) is 74.0 Å². The second-order valence-electron chi connectivity index (χ2n) is 6.16. The number of benzene rings is 1. The van der Waals surface area contributed by atoms with Crippen molar-refractivity contribution in [3.05, 3.63) is 52.7 Å². The van der Waals surface area contributed by atoms with Gasteiger partial charge in [-0.1, -0.05) is 24.3 Å². The van der Waals surface area contributed by atoms with E-state index in [0.29, 0.717) is 5.96 Å². The molecule has 0 radical (unpaired) electrons. The summed E-state index contributed by atoms with van der Waals surface area (Å²) in [5.74, 6) is 0.360. The Labute approximate surface area is 181 Å². The highest BCUT2D eigenvalue weighted by Crippen LogP contribution is 2.15. The van der Waals surface area contributed by atoms with E-state index in [1.807, 2.05) is 29.2 Å². The fourth-order valence-electron chi connectivity index (χ4n) is 2.93.